The molecule has 94 valence electrons. The van der Waals surface area contributed by atoms with Gasteiger partial charge in [0.15, 0.2) is 0 Å². The van der Waals surface area contributed by atoms with E-state index in [1.54, 1.807) is 0 Å². The zero-order chi connectivity index (χ0) is 12.8. The summed E-state index contributed by atoms with van der Waals surface area (Å²) in [5, 5.41) is 30.7. The van der Waals surface area contributed by atoms with Crippen LogP contribution in [0.4, 0.5) is 10.1 Å². The molecule has 0 aliphatic carbocycles. The van der Waals surface area contributed by atoms with E-state index >= 15 is 0 Å². The monoisotopic (exact) mass is 244 g/mol. The number of nitrogens with zero attached hydrogens (tertiary/aromatic N) is 1. The Hall–Kier alpha value is -1.57. The van der Waals surface area contributed by atoms with Crippen molar-refractivity contribution in [2.24, 2.45) is 0 Å². The van der Waals surface area contributed by atoms with E-state index in [0.717, 1.165) is 12.1 Å². The minimum absolute atomic E-state index is 0.209. The van der Waals surface area contributed by atoms with Crippen molar-refractivity contribution in [3.8, 4) is 0 Å². The molecule has 7 heteroatoms. The van der Waals surface area contributed by atoms with Crippen molar-refractivity contribution in [3.05, 3.63) is 39.7 Å². The number of hydrogen-bond acceptors (Lipinski definition) is 5. The van der Waals surface area contributed by atoms with E-state index < -0.39 is 22.5 Å². The molecule has 3 N–H and O–H groups in total. The smallest absolute Gasteiger partial charge is 0.304 e. The molecule has 0 aliphatic heterocycles. The highest BCUT2D eigenvalue weighted by atomic mass is 19.1. The van der Waals surface area contributed by atoms with Crippen molar-refractivity contribution in [1.29, 1.82) is 0 Å². The van der Waals surface area contributed by atoms with Crippen LogP contribution < -0.4 is 5.32 Å². The van der Waals surface area contributed by atoms with Crippen molar-refractivity contribution >= 4 is 5.69 Å². The van der Waals surface area contributed by atoms with Gasteiger partial charge in [0.2, 0.25) is 5.82 Å². The molecule has 0 bridgehead atoms. The Morgan fingerprint density at radius 3 is 2.53 bits per heavy atom. The number of aliphatic hydroxyl groups excluding tert-OH is 2. The van der Waals surface area contributed by atoms with Gasteiger partial charge < -0.3 is 15.5 Å². The molecule has 0 radical (unpaired) electrons. The Morgan fingerprint density at radius 1 is 1.41 bits per heavy atom. The maximum atomic E-state index is 13.2. The lowest BCUT2D eigenvalue weighted by Crippen LogP contribution is -2.35. The molecule has 0 saturated heterocycles. The molecule has 0 heterocycles. The number of benzene rings is 1. The zero-order valence-corrected chi connectivity index (χ0v) is 8.97. The Labute approximate surface area is 96.8 Å². The van der Waals surface area contributed by atoms with Crippen LogP contribution in [-0.4, -0.2) is 34.4 Å². The quantitative estimate of drug-likeness (QED) is 0.490. The molecule has 1 aromatic rings. The second kappa shape index (κ2) is 6.24. The fourth-order valence-corrected chi connectivity index (χ4v) is 1.26. The zero-order valence-electron chi connectivity index (χ0n) is 8.97. The standard InChI is InChI=1S/C10H13FN2O4/c11-9-3-7(1-2-10(9)13(16)17)4-12-8(5-14)6-15/h1-3,8,12,14-15H,4-6H2. The molecule has 0 aromatic heterocycles. The predicted molar refractivity (Wildman–Crippen MR) is 57.9 cm³/mol. The molecule has 6 nitrogen and oxygen atoms in total. The van der Waals surface area contributed by atoms with Gasteiger partial charge in [-0.25, -0.2) is 0 Å². The molecule has 1 aromatic carbocycles. The minimum Gasteiger partial charge on any atom is -0.395 e. The van der Waals surface area contributed by atoms with E-state index in [0.29, 0.717) is 5.56 Å². The number of rotatable bonds is 6. The maximum absolute atomic E-state index is 13.2. The summed E-state index contributed by atoms with van der Waals surface area (Å²) < 4.78 is 13.2. The second-order valence-electron chi connectivity index (χ2n) is 3.49. The molecule has 1 rings (SSSR count). The minimum atomic E-state index is -0.904. The molecule has 0 atom stereocenters. The third kappa shape index (κ3) is 3.74. The van der Waals surface area contributed by atoms with Gasteiger partial charge in [-0.2, -0.15) is 4.39 Å². The van der Waals surface area contributed by atoms with Crippen LogP contribution in [0.1, 0.15) is 5.56 Å². The molecular formula is C10H13FN2O4. The average Bonchev–Trinajstić information content (AvgIpc) is 2.30. The number of nitrogens with one attached hydrogen (secondary N) is 1. The fraction of sp³-hybridized carbons (Fsp3) is 0.400. The maximum Gasteiger partial charge on any atom is 0.304 e. The Morgan fingerprint density at radius 2 is 2.06 bits per heavy atom. The first-order valence-electron chi connectivity index (χ1n) is 4.96. The first-order valence-corrected chi connectivity index (χ1v) is 4.96. The Balaban J connectivity index is 2.67. The van der Waals surface area contributed by atoms with Gasteiger partial charge in [-0.05, 0) is 11.6 Å². The fourth-order valence-electron chi connectivity index (χ4n) is 1.26. The summed E-state index contributed by atoms with van der Waals surface area (Å²) in [5.74, 6) is -0.904. The highest BCUT2D eigenvalue weighted by molar-refractivity contribution is 5.34. The molecule has 0 unspecified atom stereocenters. The highest BCUT2D eigenvalue weighted by Crippen LogP contribution is 2.17. The van der Waals surface area contributed by atoms with Crippen LogP contribution in [0.2, 0.25) is 0 Å². The molecule has 0 aliphatic rings. The Kier molecular flexibility index (Phi) is 4.95. The highest BCUT2D eigenvalue weighted by Gasteiger charge is 2.14. The summed E-state index contributed by atoms with van der Waals surface area (Å²) in [6, 6.07) is 3.06. The van der Waals surface area contributed by atoms with Gasteiger partial charge in [0.25, 0.3) is 0 Å². The van der Waals surface area contributed by atoms with Crippen molar-refractivity contribution in [2.75, 3.05) is 13.2 Å². The topological polar surface area (TPSA) is 95.6 Å². The molecule has 0 spiro atoms. The van der Waals surface area contributed by atoms with Gasteiger partial charge in [0.05, 0.1) is 24.2 Å². The van der Waals surface area contributed by atoms with Crippen LogP contribution in [0, 0.1) is 15.9 Å². The lowest BCUT2D eigenvalue weighted by Gasteiger charge is -2.12. The van der Waals surface area contributed by atoms with Gasteiger partial charge >= 0.3 is 5.69 Å². The van der Waals surface area contributed by atoms with Crippen molar-refractivity contribution < 1.29 is 19.5 Å². The van der Waals surface area contributed by atoms with E-state index in [9.17, 15) is 14.5 Å². The third-order valence-corrected chi connectivity index (χ3v) is 2.24. The van der Waals surface area contributed by atoms with Crippen molar-refractivity contribution in [1.82, 2.24) is 5.32 Å². The second-order valence-corrected chi connectivity index (χ2v) is 3.49. The van der Waals surface area contributed by atoms with Gasteiger partial charge in [0, 0.05) is 12.6 Å². The van der Waals surface area contributed by atoms with E-state index in [2.05, 4.69) is 5.32 Å². The van der Waals surface area contributed by atoms with Crippen LogP contribution in [-0.2, 0) is 6.54 Å². The SMILES string of the molecule is O=[N+]([O-])c1ccc(CNC(CO)CO)cc1F. The number of nitro groups is 1. The largest absolute Gasteiger partial charge is 0.395 e. The summed E-state index contributed by atoms with van der Waals surface area (Å²) in [4.78, 5) is 9.58. The lowest BCUT2D eigenvalue weighted by atomic mass is 10.2. The van der Waals surface area contributed by atoms with Crippen molar-refractivity contribution in [2.45, 2.75) is 12.6 Å². The summed E-state index contributed by atoms with van der Waals surface area (Å²) in [6.45, 7) is -0.279. The molecule has 17 heavy (non-hydrogen) atoms. The normalized spacial score (nSPS) is 10.8. The van der Waals surface area contributed by atoms with E-state index in [4.69, 9.17) is 10.2 Å². The van der Waals surface area contributed by atoms with Crippen LogP contribution >= 0.6 is 0 Å². The number of halogens is 1. The van der Waals surface area contributed by atoms with E-state index in [1.807, 2.05) is 0 Å². The lowest BCUT2D eigenvalue weighted by molar-refractivity contribution is -0.387. The first kappa shape index (κ1) is 13.5. The third-order valence-electron chi connectivity index (χ3n) is 2.24. The summed E-state index contributed by atoms with van der Waals surface area (Å²) in [7, 11) is 0. The van der Waals surface area contributed by atoms with Crippen LogP contribution in [0.3, 0.4) is 0 Å². The van der Waals surface area contributed by atoms with Crippen LogP contribution in [0.25, 0.3) is 0 Å². The summed E-state index contributed by atoms with van der Waals surface area (Å²) in [6.07, 6.45) is 0. The van der Waals surface area contributed by atoms with Crippen molar-refractivity contribution in [3.63, 3.8) is 0 Å². The molecule has 0 fully saturated rings. The van der Waals surface area contributed by atoms with E-state index in [-0.39, 0.29) is 19.8 Å². The van der Waals surface area contributed by atoms with E-state index in [1.165, 1.54) is 6.07 Å². The predicted octanol–water partition coefficient (Wildman–Crippen LogP) is 0.177. The number of hydrogen-bond donors (Lipinski definition) is 3. The summed E-state index contributed by atoms with van der Waals surface area (Å²) in [5.41, 5.74) is -0.0744. The van der Waals surface area contributed by atoms with Gasteiger partial charge in [-0.1, -0.05) is 6.07 Å². The Bertz CT molecular complexity index is 396. The summed E-state index contributed by atoms with van der Waals surface area (Å²) >= 11 is 0. The van der Waals surface area contributed by atoms with Gasteiger partial charge in [-0.15, -0.1) is 0 Å². The first-order chi connectivity index (χ1) is 8.08. The van der Waals surface area contributed by atoms with Gasteiger partial charge in [-0.3, -0.25) is 10.1 Å². The number of aliphatic hydroxyl groups is 2. The average molecular weight is 244 g/mol. The van der Waals surface area contributed by atoms with Gasteiger partial charge in [0.1, 0.15) is 0 Å². The molecular weight excluding hydrogens is 231 g/mol. The molecule has 0 amide bonds. The van der Waals surface area contributed by atoms with Crippen LogP contribution in [0.15, 0.2) is 18.2 Å². The number of nitro benzene ring substituents is 1. The van der Waals surface area contributed by atoms with Crippen LogP contribution in [0.5, 0.6) is 0 Å². The molecule has 0 saturated carbocycles.